The monoisotopic (exact) mass is 327 g/mol. The molecule has 0 aliphatic carbocycles. The van der Waals surface area contributed by atoms with Gasteiger partial charge in [-0.15, -0.1) is 0 Å². The molecule has 0 saturated carbocycles. The molecule has 0 saturated heterocycles. The van der Waals surface area contributed by atoms with Crippen molar-refractivity contribution in [2.24, 2.45) is 0 Å². The maximum Gasteiger partial charge on any atom is 0.381 e. The normalized spacial score (nSPS) is 18.7. The van der Waals surface area contributed by atoms with Crippen LogP contribution in [0.5, 0.6) is 5.88 Å². The van der Waals surface area contributed by atoms with Crippen LogP contribution >= 0.6 is 41.5 Å². The van der Waals surface area contributed by atoms with E-state index in [0.29, 0.717) is 0 Å². The molecule has 1 aromatic rings. The molecule has 4 nitrogen and oxygen atoms in total. The van der Waals surface area contributed by atoms with E-state index in [4.69, 9.17) is 59.4 Å². The van der Waals surface area contributed by atoms with Crippen molar-refractivity contribution in [3.8, 4) is 5.88 Å². The topological polar surface area (TPSA) is 40.6 Å². The molecule has 16 heavy (non-hydrogen) atoms. The summed E-state index contributed by atoms with van der Waals surface area (Å²) in [4.78, 5) is 3.63. The molecule has 0 bridgehead atoms. The predicted octanol–water partition coefficient (Wildman–Crippen LogP) is 3.94. The van der Waals surface area contributed by atoms with Gasteiger partial charge in [-0.05, 0) is 6.07 Å². The van der Waals surface area contributed by atoms with E-state index in [0.717, 1.165) is 6.07 Å². The number of aromatic nitrogens is 1. The van der Waals surface area contributed by atoms with E-state index in [1.165, 1.54) is 0 Å². The van der Waals surface area contributed by atoms with E-state index in [9.17, 15) is 0 Å². The standard InChI is InChI=1S/C7H7Cl3NO3PS/c1-12-15(16,13-2)14-7-5(9)3-4(8)6(10)11-7/h3H,1-2H3/i1D3,2D3. The Hall–Kier alpha value is 0.390. The van der Waals surface area contributed by atoms with Crippen molar-refractivity contribution in [2.45, 2.75) is 0 Å². The summed E-state index contributed by atoms with van der Waals surface area (Å²) in [6.07, 6.45) is 0. The summed E-state index contributed by atoms with van der Waals surface area (Å²) in [5.74, 6) is -0.465. The Morgan fingerprint density at radius 1 is 1.31 bits per heavy atom. The summed E-state index contributed by atoms with van der Waals surface area (Å²) in [5, 5.41) is -0.405. The van der Waals surface area contributed by atoms with E-state index < -0.39 is 26.7 Å². The van der Waals surface area contributed by atoms with Crippen LogP contribution in [0.3, 0.4) is 0 Å². The Bertz CT molecular complexity index is 592. The summed E-state index contributed by atoms with van der Waals surface area (Å²) in [7, 11) is -6.13. The highest BCUT2D eigenvalue weighted by Gasteiger charge is 2.22. The first-order valence-corrected chi connectivity index (χ1v) is 7.12. The molecule has 0 unspecified atom stereocenters. The lowest BCUT2D eigenvalue weighted by molar-refractivity contribution is 0.270. The maximum absolute atomic E-state index is 7.02. The van der Waals surface area contributed by atoms with Crippen molar-refractivity contribution in [3.05, 3.63) is 21.3 Å². The highest BCUT2D eigenvalue weighted by Crippen LogP contribution is 2.49. The van der Waals surface area contributed by atoms with Gasteiger partial charge in [0, 0.05) is 25.9 Å². The molecule has 9 heteroatoms. The highest BCUT2D eigenvalue weighted by atomic mass is 35.5. The second-order valence-electron chi connectivity index (χ2n) is 2.27. The molecular weight excluding hydrogens is 315 g/mol. The zero-order chi connectivity index (χ0) is 17.3. The Balaban J connectivity index is 3.19. The summed E-state index contributed by atoms with van der Waals surface area (Å²) in [6, 6.07) is 1.15. The molecule has 0 radical (unpaired) electrons. The van der Waals surface area contributed by atoms with Gasteiger partial charge in [0.05, 0.1) is 13.2 Å². The third-order valence-corrected chi connectivity index (χ3v) is 3.73. The lowest BCUT2D eigenvalue weighted by atomic mass is 10.5. The molecule has 0 N–H and O–H groups in total. The Labute approximate surface area is 121 Å². The first-order chi connectivity index (χ1) is 9.71. The smallest absolute Gasteiger partial charge is 0.381 e. The molecule has 1 aromatic heterocycles. The van der Waals surface area contributed by atoms with Gasteiger partial charge < -0.3 is 13.6 Å². The van der Waals surface area contributed by atoms with Crippen molar-refractivity contribution in [1.29, 1.82) is 0 Å². The summed E-state index contributed by atoms with van der Waals surface area (Å²) in [5.41, 5.74) is 0. The summed E-state index contributed by atoms with van der Waals surface area (Å²) >= 11 is 21.9. The van der Waals surface area contributed by atoms with Gasteiger partial charge in [-0.25, -0.2) is 0 Å². The molecule has 0 amide bonds. The van der Waals surface area contributed by atoms with E-state index >= 15 is 0 Å². The zero-order valence-electron chi connectivity index (χ0n) is 13.2. The second-order valence-corrected chi connectivity index (χ2v) is 6.23. The Morgan fingerprint density at radius 2 is 1.94 bits per heavy atom. The number of nitrogens with zero attached hydrogens (tertiary/aromatic N) is 1. The first kappa shape index (κ1) is 7.74. The molecule has 0 spiro atoms. The SMILES string of the molecule is [2H]C([2H])([2H])OP(=S)(Oc1nc(Cl)c(Cl)cc1Cl)OC([2H])([2H])[2H]. The fourth-order valence-electron chi connectivity index (χ4n) is 0.654. The predicted molar refractivity (Wildman–Crippen MR) is 68.2 cm³/mol. The van der Waals surface area contributed by atoms with Crippen LogP contribution in [0.4, 0.5) is 0 Å². The number of hydrogen-bond acceptors (Lipinski definition) is 5. The Morgan fingerprint density at radius 3 is 2.50 bits per heavy atom. The van der Waals surface area contributed by atoms with Crippen LogP contribution in [0.15, 0.2) is 6.07 Å². The van der Waals surface area contributed by atoms with Gasteiger partial charge in [0.15, 0.2) is 5.15 Å². The van der Waals surface area contributed by atoms with E-state index in [1.807, 2.05) is 0 Å². The summed E-state index contributed by atoms with van der Waals surface area (Å²) in [6.45, 7) is -4.29. The van der Waals surface area contributed by atoms with E-state index in [-0.39, 0.29) is 15.2 Å². The number of pyridine rings is 1. The van der Waals surface area contributed by atoms with Crippen LogP contribution in [-0.2, 0) is 20.9 Å². The zero-order valence-corrected chi connectivity index (χ0v) is 11.2. The van der Waals surface area contributed by atoms with Gasteiger partial charge >= 0.3 is 6.72 Å². The van der Waals surface area contributed by atoms with E-state index in [1.54, 1.807) is 0 Å². The van der Waals surface area contributed by atoms with Crippen LogP contribution < -0.4 is 4.52 Å². The lowest BCUT2D eigenvalue weighted by Crippen LogP contribution is -1.99. The van der Waals surface area contributed by atoms with Gasteiger partial charge in [0.25, 0.3) is 0 Å². The van der Waals surface area contributed by atoms with Crippen LogP contribution in [0.25, 0.3) is 0 Å². The van der Waals surface area contributed by atoms with Crippen molar-refractivity contribution >= 4 is 53.3 Å². The third kappa shape index (κ3) is 3.44. The van der Waals surface area contributed by atoms with E-state index in [2.05, 4.69) is 14.0 Å². The van der Waals surface area contributed by atoms with Crippen molar-refractivity contribution in [1.82, 2.24) is 4.98 Å². The van der Waals surface area contributed by atoms with Crippen molar-refractivity contribution in [3.63, 3.8) is 0 Å². The average Bonchev–Trinajstić information content (AvgIpc) is 2.19. The number of hydrogen-bond donors (Lipinski definition) is 0. The minimum absolute atomic E-state index is 0.000739. The van der Waals surface area contributed by atoms with Crippen LogP contribution in [0.2, 0.25) is 15.2 Å². The van der Waals surface area contributed by atoms with Crippen LogP contribution in [0, 0.1) is 0 Å². The van der Waals surface area contributed by atoms with Gasteiger partial charge in [0.1, 0.15) is 5.02 Å². The third-order valence-electron chi connectivity index (χ3n) is 1.28. The van der Waals surface area contributed by atoms with Gasteiger partial charge in [0.2, 0.25) is 5.88 Å². The average molecular weight is 329 g/mol. The maximum atomic E-state index is 7.02. The minimum Gasteiger partial charge on any atom is -0.404 e. The quantitative estimate of drug-likeness (QED) is 0.618. The van der Waals surface area contributed by atoms with Crippen molar-refractivity contribution < 1.29 is 21.8 Å². The first-order valence-electron chi connectivity index (χ1n) is 6.43. The van der Waals surface area contributed by atoms with Crippen molar-refractivity contribution in [2.75, 3.05) is 14.1 Å². The minimum atomic E-state index is -4.29. The molecule has 1 rings (SSSR count). The van der Waals surface area contributed by atoms with Crippen LogP contribution in [-0.4, -0.2) is 19.1 Å². The van der Waals surface area contributed by atoms with Crippen LogP contribution in [0.1, 0.15) is 8.22 Å². The second kappa shape index (κ2) is 5.83. The molecule has 0 atom stereocenters. The molecule has 0 aliphatic rings. The molecular formula is C7H7Cl3NO3PS. The largest absolute Gasteiger partial charge is 0.404 e. The molecule has 0 aliphatic heterocycles. The molecule has 0 aromatic carbocycles. The molecule has 0 fully saturated rings. The fourth-order valence-corrected chi connectivity index (χ4v) is 1.91. The fraction of sp³-hybridized carbons (Fsp3) is 0.286. The number of rotatable bonds is 4. The number of halogens is 3. The lowest BCUT2D eigenvalue weighted by Gasteiger charge is -2.18. The van der Waals surface area contributed by atoms with Gasteiger partial charge in [-0.2, -0.15) is 4.98 Å². The Kier molecular flexibility index (Phi) is 2.82. The summed E-state index contributed by atoms with van der Waals surface area (Å²) < 4.78 is 56.1. The highest BCUT2D eigenvalue weighted by molar-refractivity contribution is 8.07. The van der Waals surface area contributed by atoms with Gasteiger partial charge in [-0.1, -0.05) is 34.8 Å². The van der Waals surface area contributed by atoms with Gasteiger partial charge in [-0.3, -0.25) is 0 Å². The molecule has 90 valence electrons. The molecule has 1 heterocycles.